The summed E-state index contributed by atoms with van der Waals surface area (Å²) < 4.78 is 72.1. The molecule has 1 heterocycles. The number of nitrogens with zero attached hydrogens (tertiary/aromatic N) is 1. The van der Waals surface area contributed by atoms with Gasteiger partial charge in [0.25, 0.3) is 5.91 Å². The maximum atomic E-state index is 13.2. The van der Waals surface area contributed by atoms with Gasteiger partial charge in [0.1, 0.15) is 23.8 Å². The first-order valence-electron chi connectivity index (χ1n) is 15.5. The number of methoxy groups -OCH3 is 1. The second-order valence-corrected chi connectivity index (χ2v) is 14.7. The third-order valence-corrected chi connectivity index (χ3v) is 9.72. The molecule has 2 aromatic carbocycles. The molecular weight excluding hydrogens is 737 g/mol. The van der Waals surface area contributed by atoms with E-state index in [0.29, 0.717) is 28.4 Å². The Hall–Kier alpha value is -4.25. The zero-order valence-electron chi connectivity index (χ0n) is 27.5. The first kappa shape index (κ1) is 39.5. The number of aromatic nitrogens is 1. The van der Waals surface area contributed by atoms with Gasteiger partial charge in [0, 0.05) is 42.7 Å². The Labute approximate surface area is 303 Å². The minimum atomic E-state index is -3.71. The maximum absolute atomic E-state index is 13.2. The highest BCUT2D eigenvalue weighted by Crippen LogP contribution is 2.38. The van der Waals surface area contributed by atoms with Crippen LogP contribution in [0.1, 0.15) is 52.4 Å². The standard InChI is InChI=1S/C33H36Cl2F2N4O9S/c1-47-25-7-6-20(9-21(25)13-40-30(12-29(38)42)51(2,45)46)32(44)41-16-31(43)49-27(11-22-23(34)14-39-15-24(22)35)19-5-8-26(50-33(36)37)28(10-19)48-17-18-3-4-18/h5-10,14-15,18,27,30,33,40H,3-4,11-13,16-17H2,1-2H3,(H2,38,42)(H,41,44)/t27-,30?/m0/s1. The number of benzene rings is 2. The Morgan fingerprint density at radius 2 is 1.73 bits per heavy atom. The highest BCUT2D eigenvalue weighted by atomic mass is 35.5. The van der Waals surface area contributed by atoms with E-state index in [0.717, 1.165) is 19.1 Å². The summed E-state index contributed by atoms with van der Waals surface area (Å²) in [5.74, 6) is -1.90. The van der Waals surface area contributed by atoms with Gasteiger partial charge >= 0.3 is 12.6 Å². The van der Waals surface area contributed by atoms with Crippen LogP contribution < -0.4 is 30.6 Å². The number of carbonyl (C=O) groups is 3. The number of carbonyl (C=O) groups excluding carboxylic acids is 3. The number of amides is 2. The summed E-state index contributed by atoms with van der Waals surface area (Å²) in [6.45, 7) is -3.50. The summed E-state index contributed by atoms with van der Waals surface area (Å²) in [6, 6.07) is 8.50. The number of halogens is 4. The molecule has 2 atom stereocenters. The molecule has 0 radical (unpaired) electrons. The second-order valence-electron chi connectivity index (χ2n) is 11.7. The van der Waals surface area contributed by atoms with E-state index >= 15 is 0 Å². The third-order valence-electron chi connectivity index (χ3n) is 7.70. The van der Waals surface area contributed by atoms with Gasteiger partial charge in [-0.15, -0.1) is 0 Å². The summed E-state index contributed by atoms with van der Waals surface area (Å²) in [5, 5.41) is 4.35. The van der Waals surface area contributed by atoms with Gasteiger partial charge in [-0.1, -0.05) is 29.3 Å². The average Bonchev–Trinajstić information content (AvgIpc) is 3.90. The molecule has 0 spiro atoms. The molecule has 1 aromatic heterocycles. The van der Waals surface area contributed by atoms with Gasteiger partial charge in [0.15, 0.2) is 21.3 Å². The van der Waals surface area contributed by atoms with E-state index < -0.39 is 58.7 Å². The Kier molecular flexibility index (Phi) is 13.8. The second kappa shape index (κ2) is 17.8. The van der Waals surface area contributed by atoms with Crippen LogP contribution in [-0.4, -0.2) is 69.7 Å². The molecule has 4 N–H and O–H groups in total. The van der Waals surface area contributed by atoms with Crippen LogP contribution in [0.5, 0.6) is 17.2 Å². The first-order valence-corrected chi connectivity index (χ1v) is 18.2. The van der Waals surface area contributed by atoms with Crippen LogP contribution in [0.4, 0.5) is 8.78 Å². The summed E-state index contributed by atoms with van der Waals surface area (Å²) in [7, 11) is -2.32. The molecule has 276 valence electrons. The average molecular weight is 774 g/mol. The van der Waals surface area contributed by atoms with Crippen molar-refractivity contribution in [2.45, 2.75) is 50.3 Å². The van der Waals surface area contributed by atoms with Crippen molar-refractivity contribution < 1.29 is 50.5 Å². The molecule has 4 rings (SSSR count). The van der Waals surface area contributed by atoms with Crippen molar-refractivity contribution in [3.63, 3.8) is 0 Å². The van der Waals surface area contributed by atoms with Crippen molar-refractivity contribution >= 4 is 50.8 Å². The maximum Gasteiger partial charge on any atom is 0.387 e. The monoisotopic (exact) mass is 772 g/mol. The molecule has 1 fully saturated rings. The normalized spacial score (nSPS) is 14.0. The molecule has 51 heavy (non-hydrogen) atoms. The van der Waals surface area contributed by atoms with Gasteiger partial charge in [0.05, 0.1) is 30.2 Å². The highest BCUT2D eigenvalue weighted by molar-refractivity contribution is 7.91. The van der Waals surface area contributed by atoms with E-state index in [9.17, 15) is 31.6 Å². The first-order chi connectivity index (χ1) is 24.1. The molecule has 3 aromatic rings. The number of hydrogen-bond donors (Lipinski definition) is 3. The van der Waals surface area contributed by atoms with Crippen molar-refractivity contribution in [3.05, 3.63) is 81.1 Å². The number of rotatable bonds is 19. The van der Waals surface area contributed by atoms with E-state index in [1.807, 2.05) is 0 Å². The topological polar surface area (TPSA) is 185 Å². The molecule has 0 aliphatic heterocycles. The predicted molar refractivity (Wildman–Crippen MR) is 183 cm³/mol. The van der Waals surface area contributed by atoms with E-state index in [4.69, 9.17) is 43.1 Å². The molecule has 18 heteroatoms. The summed E-state index contributed by atoms with van der Waals surface area (Å²) in [6.07, 6.45) is 4.00. The van der Waals surface area contributed by atoms with Crippen LogP contribution in [0.2, 0.25) is 10.0 Å². The van der Waals surface area contributed by atoms with Gasteiger partial charge < -0.3 is 30.0 Å². The minimum absolute atomic E-state index is 0.0308. The smallest absolute Gasteiger partial charge is 0.387 e. The van der Waals surface area contributed by atoms with Gasteiger partial charge in [-0.3, -0.25) is 24.7 Å². The number of sulfone groups is 1. The molecule has 13 nitrogen and oxygen atoms in total. The molecule has 0 saturated heterocycles. The lowest BCUT2D eigenvalue weighted by Crippen LogP contribution is -2.39. The van der Waals surface area contributed by atoms with Crippen molar-refractivity contribution in [1.29, 1.82) is 0 Å². The van der Waals surface area contributed by atoms with Gasteiger partial charge in [-0.25, -0.2) is 8.42 Å². The van der Waals surface area contributed by atoms with E-state index in [1.165, 1.54) is 55.9 Å². The Morgan fingerprint density at radius 3 is 2.33 bits per heavy atom. The number of alkyl halides is 2. The van der Waals surface area contributed by atoms with Crippen LogP contribution >= 0.6 is 23.2 Å². The number of hydrogen-bond acceptors (Lipinski definition) is 11. The third kappa shape index (κ3) is 11.9. The molecule has 1 aliphatic carbocycles. The minimum Gasteiger partial charge on any atom is -0.496 e. The van der Waals surface area contributed by atoms with Crippen LogP contribution in [0, 0.1) is 5.92 Å². The van der Waals surface area contributed by atoms with Crippen molar-refractivity contribution in [2.75, 3.05) is 26.5 Å². The quantitative estimate of drug-likeness (QED) is 0.147. The number of esters is 1. The van der Waals surface area contributed by atoms with Gasteiger partial charge in [-0.05, 0) is 60.2 Å². The number of primary amides is 1. The number of ether oxygens (including phenoxy) is 4. The Bertz CT molecular complexity index is 1830. The van der Waals surface area contributed by atoms with Crippen LogP contribution in [0.15, 0.2) is 48.8 Å². The van der Waals surface area contributed by atoms with Gasteiger partial charge in [-0.2, -0.15) is 8.78 Å². The number of pyridine rings is 1. The number of nitrogens with two attached hydrogens (primary N) is 1. The Balaban J connectivity index is 1.51. The number of nitrogens with one attached hydrogen (secondary N) is 2. The molecule has 2 amide bonds. The largest absolute Gasteiger partial charge is 0.496 e. The van der Waals surface area contributed by atoms with Crippen molar-refractivity contribution in [3.8, 4) is 17.2 Å². The predicted octanol–water partition coefficient (Wildman–Crippen LogP) is 4.38. The highest BCUT2D eigenvalue weighted by Gasteiger charge is 2.27. The lowest BCUT2D eigenvalue weighted by Gasteiger charge is -2.22. The molecule has 1 unspecified atom stereocenters. The molecule has 1 aliphatic rings. The summed E-state index contributed by atoms with van der Waals surface area (Å²) >= 11 is 12.7. The van der Waals surface area contributed by atoms with E-state index in [-0.39, 0.29) is 46.7 Å². The summed E-state index contributed by atoms with van der Waals surface area (Å²) in [4.78, 5) is 41.6. The van der Waals surface area contributed by atoms with E-state index in [1.54, 1.807) is 0 Å². The fourth-order valence-electron chi connectivity index (χ4n) is 4.86. The van der Waals surface area contributed by atoms with Crippen LogP contribution in [0.3, 0.4) is 0 Å². The van der Waals surface area contributed by atoms with Crippen molar-refractivity contribution in [1.82, 2.24) is 15.6 Å². The zero-order valence-corrected chi connectivity index (χ0v) is 29.8. The summed E-state index contributed by atoms with van der Waals surface area (Å²) in [5.41, 5.74) is 6.43. The lowest BCUT2D eigenvalue weighted by molar-refractivity contribution is -0.148. The molecule has 0 bridgehead atoms. The van der Waals surface area contributed by atoms with Crippen LogP contribution in [0.25, 0.3) is 0 Å². The fourth-order valence-corrected chi connectivity index (χ4v) is 6.24. The molecule has 1 saturated carbocycles. The van der Waals surface area contributed by atoms with Gasteiger partial charge in [0.2, 0.25) is 5.91 Å². The molecular formula is C33H36Cl2F2N4O9S. The van der Waals surface area contributed by atoms with Crippen molar-refractivity contribution in [2.24, 2.45) is 11.7 Å². The zero-order chi connectivity index (χ0) is 37.3. The van der Waals surface area contributed by atoms with Crippen LogP contribution in [-0.2, 0) is 37.1 Å². The fraction of sp³-hybridized carbons (Fsp3) is 0.394. The Morgan fingerprint density at radius 1 is 1.04 bits per heavy atom. The van der Waals surface area contributed by atoms with E-state index in [2.05, 4.69) is 20.4 Å². The lowest BCUT2D eigenvalue weighted by atomic mass is 10.0. The SMILES string of the molecule is COc1ccc(C(=O)NCC(=O)O[C@@H](Cc2c(Cl)cncc2Cl)c2ccc(OC(F)F)c(OCC3CC3)c2)cc1CNC(CC(N)=O)S(C)(=O)=O.